The summed E-state index contributed by atoms with van der Waals surface area (Å²) in [5.74, 6) is -1.13. The Kier molecular flexibility index (Phi) is 16.2. The van der Waals surface area contributed by atoms with Gasteiger partial charge in [0.2, 0.25) is 17.7 Å². The average Bonchev–Trinajstić information content (AvgIpc) is 2.90. The predicted molar refractivity (Wildman–Crippen MR) is 156 cm³/mol. The zero-order valence-electron chi connectivity index (χ0n) is 24.4. The van der Waals surface area contributed by atoms with Gasteiger partial charge in [0, 0.05) is 31.0 Å². The number of benzene rings is 1. The molecule has 0 heterocycles. The van der Waals surface area contributed by atoms with Crippen LogP contribution < -0.4 is 32.7 Å². The Labute approximate surface area is 238 Å². The maximum Gasteiger partial charge on any atom is 0.312 e. The van der Waals surface area contributed by atoms with Crippen molar-refractivity contribution in [2.75, 3.05) is 18.4 Å². The first kappa shape index (κ1) is 34.6. The van der Waals surface area contributed by atoms with Crippen LogP contribution in [0.2, 0.25) is 0 Å². The van der Waals surface area contributed by atoms with Gasteiger partial charge in [-0.05, 0) is 62.3 Å². The zero-order chi connectivity index (χ0) is 30.1. The number of carbonyl (C=O) groups is 5. The number of hydrogen-bond acceptors (Lipinski definition) is 6. The Morgan fingerprint density at radius 1 is 0.825 bits per heavy atom. The third kappa shape index (κ3) is 14.1. The molecule has 0 saturated heterocycles. The summed E-state index contributed by atoms with van der Waals surface area (Å²) in [4.78, 5) is 61.7. The van der Waals surface area contributed by atoms with Crippen molar-refractivity contribution in [1.29, 1.82) is 0 Å². The molecule has 0 unspecified atom stereocenters. The highest BCUT2D eigenvalue weighted by molar-refractivity contribution is 5.98. The summed E-state index contributed by atoms with van der Waals surface area (Å²) in [5, 5.41) is 10.9. The number of aryl methyl sites for hydroxylation is 1. The fourth-order valence-corrected chi connectivity index (χ4v) is 3.98. The number of primary amides is 1. The molecule has 0 fully saturated rings. The van der Waals surface area contributed by atoms with Crippen molar-refractivity contribution in [3.63, 3.8) is 0 Å². The fourth-order valence-electron chi connectivity index (χ4n) is 3.98. The van der Waals surface area contributed by atoms with Crippen molar-refractivity contribution in [3.05, 3.63) is 29.8 Å². The topological polar surface area (TPSA) is 186 Å². The number of unbranched alkanes of at least 4 members (excludes halogenated alkanes) is 2. The molecule has 0 aromatic heterocycles. The van der Waals surface area contributed by atoms with Crippen molar-refractivity contribution >= 4 is 35.2 Å². The first-order valence-electron chi connectivity index (χ1n) is 14.2. The Balaban J connectivity index is 2.86. The first-order valence-corrected chi connectivity index (χ1v) is 14.2. The smallest absolute Gasteiger partial charge is 0.312 e. The van der Waals surface area contributed by atoms with Crippen LogP contribution in [-0.4, -0.2) is 54.7 Å². The lowest BCUT2D eigenvalue weighted by atomic mass is 10.0. The van der Waals surface area contributed by atoms with E-state index in [9.17, 15) is 24.0 Å². The van der Waals surface area contributed by atoms with Gasteiger partial charge in [0.05, 0.1) is 0 Å². The van der Waals surface area contributed by atoms with Gasteiger partial charge < -0.3 is 32.7 Å². The molecule has 0 radical (unpaired) electrons. The molecule has 1 aromatic rings. The number of urea groups is 1. The second kappa shape index (κ2) is 18.8. The van der Waals surface area contributed by atoms with E-state index in [2.05, 4.69) is 21.3 Å². The van der Waals surface area contributed by atoms with Crippen LogP contribution in [0, 0.1) is 11.8 Å². The summed E-state index contributed by atoms with van der Waals surface area (Å²) in [7, 11) is 0. The number of anilines is 1. The van der Waals surface area contributed by atoms with E-state index < -0.39 is 29.9 Å². The third-order valence-corrected chi connectivity index (χ3v) is 6.50. The summed E-state index contributed by atoms with van der Waals surface area (Å²) in [6, 6.07) is 4.82. The van der Waals surface area contributed by atoms with Crippen molar-refractivity contribution in [2.45, 2.75) is 91.1 Å². The van der Waals surface area contributed by atoms with Gasteiger partial charge in [-0.15, -0.1) is 0 Å². The maximum absolute atomic E-state index is 13.2. The number of nitrogens with one attached hydrogen (secondary N) is 4. The largest absolute Gasteiger partial charge is 0.352 e. The number of nitrogens with two attached hydrogens (primary N) is 2. The van der Waals surface area contributed by atoms with E-state index in [1.54, 1.807) is 12.1 Å². The molecule has 1 aromatic carbocycles. The van der Waals surface area contributed by atoms with Gasteiger partial charge in [-0.2, -0.15) is 0 Å². The van der Waals surface area contributed by atoms with Crippen LogP contribution in [0.3, 0.4) is 0 Å². The molecule has 1 rings (SSSR count). The number of hydrogen-bond donors (Lipinski definition) is 6. The van der Waals surface area contributed by atoms with E-state index in [1.165, 1.54) is 0 Å². The van der Waals surface area contributed by atoms with Gasteiger partial charge in [0.1, 0.15) is 17.9 Å². The SMILES string of the molecule is CC(C)C(=O)CCc1ccc(NC(=O)[C@H](CCCNC(N)=O)NC(=O)[C@@H](NC(=O)CCCCCN)C(C)C)cc1. The summed E-state index contributed by atoms with van der Waals surface area (Å²) in [6.45, 7) is 8.21. The lowest BCUT2D eigenvalue weighted by molar-refractivity contribution is -0.132. The molecular weight excluding hydrogens is 512 g/mol. The van der Waals surface area contributed by atoms with Gasteiger partial charge in [0.25, 0.3) is 0 Å². The molecule has 11 nitrogen and oxygen atoms in total. The molecule has 40 heavy (non-hydrogen) atoms. The number of amides is 5. The zero-order valence-corrected chi connectivity index (χ0v) is 24.4. The highest BCUT2D eigenvalue weighted by Crippen LogP contribution is 2.14. The monoisotopic (exact) mass is 560 g/mol. The maximum atomic E-state index is 13.2. The Morgan fingerprint density at radius 2 is 1.50 bits per heavy atom. The molecule has 0 aliphatic heterocycles. The van der Waals surface area contributed by atoms with Gasteiger partial charge >= 0.3 is 6.03 Å². The standard InChI is InChI=1S/C29H48N6O5/c1-19(2)24(36)16-13-21-11-14-22(15-12-21)33-27(38)23(9-8-18-32-29(31)40)34-28(39)26(20(3)4)35-25(37)10-6-5-7-17-30/h11-12,14-15,19-20,23,26H,5-10,13,16-18,30H2,1-4H3,(H,33,38)(H,34,39)(H,35,37)(H3,31,32,40)/t23-,26-/m0/s1. The Bertz CT molecular complexity index is 964. The first-order chi connectivity index (χ1) is 18.9. The van der Waals surface area contributed by atoms with Crippen molar-refractivity contribution in [3.8, 4) is 0 Å². The molecule has 0 spiro atoms. The number of rotatable bonds is 19. The quantitative estimate of drug-likeness (QED) is 0.141. The van der Waals surface area contributed by atoms with Crippen LogP contribution in [0.15, 0.2) is 24.3 Å². The minimum absolute atomic E-state index is 0.00572. The molecule has 0 saturated carbocycles. The van der Waals surface area contributed by atoms with Gasteiger partial charge in [-0.25, -0.2) is 4.79 Å². The predicted octanol–water partition coefficient (Wildman–Crippen LogP) is 2.38. The molecule has 8 N–H and O–H groups in total. The van der Waals surface area contributed by atoms with Crippen LogP contribution in [-0.2, 0) is 25.6 Å². The van der Waals surface area contributed by atoms with E-state index in [1.807, 2.05) is 39.8 Å². The van der Waals surface area contributed by atoms with Crippen molar-refractivity contribution in [2.24, 2.45) is 23.3 Å². The van der Waals surface area contributed by atoms with Crippen molar-refractivity contribution < 1.29 is 24.0 Å². The average molecular weight is 561 g/mol. The third-order valence-electron chi connectivity index (χ3n) is 6.50. The molecule has 0 bridgehead atoms. The lowest BCUT2D eigenvalue weighted by Crippen LogP contribution is -2.54. The minimum atomic E-state index is -0.909. The number of carbonyl (C=O) groups excluding carboxylic acids is 5. The molecule has 0 aliphatic carbocycles. The number of Topliss-reactive ketones (excluding diaryl/α,β-unsaturated/α-hetero) is 1. The van der Waals surface area contributed by atoms with Crippen LogP contribution in [0.1, 0.15) is 78.2 Å². The summed E-state index contributed by atoms with van der Waals surface area (Å²) < 4.78 is 0. The second-order valence-electron chi connectivity index (χ2n) is 10.7. The van der Waals surface area contributed by atoms with E-state index in [4.69, 9.17) is 11.5 Å². The van der Waals surface area contributed by atoms with Crippen LogP contribution in [0.25, 0.3) is 0 Å². The van der Waals surface area contributed by atoms with Gasteiger partial charge in [0.15, 0.2) is 0 Å². The molecule has 5 amide bonds. The van der Waals surface area contributed by atoms with Gasteiger partial charge in [-0.3, -0.25) is 19.2 Å². The van der Waals surface area contributed by atoms with Crippen LogP contribution >= 0.6 is 0 Å². The highest BCUT2D eigenvalue weighted by atomic mass is 16.2. The fraction of sp³-hybridized carbons (Fsp3) is 0.621. The molecular formula is C29H48N6O5. The molecule has 0 aliphatic rings. The normalized spacial score (nSPS) is 12.5. The van der Waals surface area contributed by atoms with E-state index in [0.717, 1.165) is 18.4 Å². The minimum Gasteiger partial charge on any atom is -0.352 e. The second-order valence-corrected chi connectivity index (χ2v) is 10.7. The summed E-state index contributed by atoms with van der Waals surface area (Å²) in [5.41, 5.74) is 12.1. The van der Waals surface area contributed by atoms with E-state index >= 15 is 0 Å². The Morgan fingerprint density at radius 3 is 2.08 bits per heavy atom. The van der Waals surface area contributed by atoms with E-state index in [-0.39, 0.29) is 36.5 Å². The molecule has 11 heteroatoms. The molecule has 224 valence electrons. The summed E-state index contributed by atoms with van der Waals surface area (Å²) >= 11 is 0. The molecule has 2 atom stereocenters. The lowest BCUT2D eigenvalue weighted by Gasteiger charge is -2.25. The van der Waals surface area contributed by atoms with Crippen LogP contribution in [0.5, 0.6) is 0 Å². The highest BCUT2D eigenvalue weighted by Gasteiger charge is 2.28. The number of ketones is 1. The van der Waals surface area contributed by atoms with Gasteiger partial charge in [-0.1, -0.05) is 46.2 Å². The van der Waals surface area contributed by atoms with E-state index in [0.29, 0.717) is 44.3 Å². The van der Waals surface area contributed by atoms with Crippen LogP contribution in [0.4, 0.5) is 10.5 Å². The Hall–Kier alpha value is -3.47. The van der Waals surface area contributed by atoms with Crippen molar-refractivity contribution in [1.82, 2.24) is 16.0 Å². The summed E-state index contributed by atoms with van der Waals surface area (Å²) in [6.07, 6.45) is 4.35.